The van der Waals surface area contributed by atoms with Gasteiger partial charge in [0.1, 0.15) is 42.7 Å². The van der Waals surface area contributed by atoms with Gasteiger partial charge in [-0.1, -0.05) is 143 Å². The largest absolute Gasteiger partial charge is 0.472 e. The first-order valence-electron chi connectivity index (χ1n) is 23.6. The molecule has 1 fully saturated rings. The van der Waals surface area contributed by atoms with Gasteiger partial charge in [0.15, 0.2) is 0 Å². The number of unbranched alkanes of at least 4 members (excludes halogenated alkanes) is 10. The van der Waals surface area contributed by atoms with Crippen molar-refractivity contribution in [2.75, 3.05) is 19.8 Å². The van der Waals surface area contributed by atoms with Gasteiger partial charge in [-0.2, -0.15) is 0 Å². The number of esters is 1. The molecule has 0 spiro atoms. The van der Waals surface area contributed by atoms with Gasteiger partial charge < -0.3 is 39.9 Å². The zero-order chi connectivity index (χ0) is 46.2. The molecule has 0 heterocycles. The van der Waals surface area contributed by atoms with Gasteiger partial charge in [-0.05, 0) is 96.3 Å². The summed E-state index contributed by atoms with van der Waals surface area (Å²) in [5.74, 6) is -0.508. The highest BCUT2D eigenvalue weighted by Gasteiger charge is 2.51. The molecule has 0 aromatic heterocycles. The number of aliphatic hydroxyl groups excluding tert-OH is 5. The Morgan fingerprint density at radius 1 is 0.524 bits per heavy atom. The molecule has 0 radical (unpaired) electrons. The van der Waals surface area contributed by atoms with Crippen LogP contribution in [0.2, 0.25) is 0 Å². The van der Waals surface area contributed by atoms with E-state index in [4.69, 9.17) is 18.5 Å². The summed E-state index contributed by atoms with van der Waals surface area (Å²) < 4.78 is 34.1. The van der Waals surface area contributed by atoms with Crippen molar-refractivity contribution in [2.45, 2.75) is 191 Å². The standard InChI is InChI=1S/C50H83O12P/c1-3-5-7-9-11-13-15-17-18-19-20-21-22-23-24-25-26-27-28-30-32-34-36-38-40-59-41-43(61-44(51)39-37-35-33-31-29-16-14-12-10-8-6-4-2)42-60-63(57,58)62-50-48(55)46(53)45(52)47(54)49(50)56/h5,7,11-14,17-18,20-21,23-24,26-27,30,32,43,45-50,52-56H,3-4,6,8-10,15-16,19,22,25,28-29,31,33-42H2,1-2H3,(H,57,58)/b7-5-,13-11-,14-12-,18-17-,21-20-,24-23-,27-26-,32-30-. The van der Waals surface area contributed by atoms with Crippen LogP contribution in [-0.4, -0.2) is 98.9 Å². The molecule has 0 aromatic carbocycles. The molecule has 0 saturated heterocycles. The third kappa shape index (κ3) is 31.7. The molecule has 360 valence electrons. The summed E-state index contributed by atoms with van der Waals surface area (Å²) in [4.78, 5) is 23.1. The summed E-state index contributed by atoms with van der Waals surface area (Å²) in [6.45, 7) is 3.98. The Labute approximate surface area is 379 Å². The molecule has 0 bridgehead atoms. The molecule has 6 atom stereocenters. The maximum absolute atomic E-state index is 12.8. The molecule has 13 heteroatoms. The van der Waals surface area contributed by atoms with E-state index in [1.165, 1.54) is 19.3 Å². The van der Waals surface area contributed by atoms with Crippen LogP contribution in [0.3, 0.4) is 0 Å². The summed E-state index contributed by atoms with van der Waals surface area (Å²) in [7, 11) is -5.04. The van der Waals surface area contributed by atoms with Gasteiger partial charge in [0, 0.05) is 13.0 Å². The van der Waals surface area contributed by atoms with Crippen LogP contribution in [0.4, 0.5) is 0 Å². The van der Waals surface area contributed by atoms with Gasteiger partial charge in [-0.25, -0.2) is 4.57 Å². The molecule has 1 aliphatic rings. The topological polar surface area (TPSA) is 192 Å². The fourth-order valence-corrected chi connectivity index (χ4v) is 7.42. The summed E-state index contributed by atoms with van der Waals surface area (Å²) in [6.07, 6.45) is 42.0. The minimum absolute atomic E-state index is 0.117. The fraction of sp³-hybridized carbons (Fsp3) is 0.660. The van der Waals surface area contributed by atoms with E-state index in [0.29, 0.717) is 13.0 Å². The Hall–Kier alpha value is -2.74. The van der Waals surface area contributed by atoms with Crippen molar-refractivity contribution < 1.29 is 58.3 Å². The number of phosphoric acid groups is 1. The maximum Gasteiger partial charge on any atom is 0.472 e. The van der Waals surface area contributed by atoms with Gasteiger partial charge in [-0.3, -0.25) is 13.8 Å². The maximum atomic E-state index is 12.8. The number of ether oxygens (including phenoxy) is 2. The van der Waals surface area contributed by atoms with Gasteiger partial charge >= 0.3 is 13.8 Å². The van der Waals surface area contributed by atoms with Crippen LogP contribution in [0.25, 0.3) is 0 Å². The van der Waals surface area contributed by atoms with E-state index < -0.39 is 63.1 Å². The molecule has 1 saturated carbocycles. The van der Waals surface area contributed by atoms with E-state index in [9.17, 15) is 39.8 Å². The normalized spacial score (nSPS) is 22.7. The Morgan fingerprint density at radius 3 is 1.44 bits per heavy atom. The van der Waals surface area contributed by atoms with E-state index in [0.717, 1.165) is 103 Å². The molecule has 6 N–H and O–H groups in total. The minimum atomic E-state index is -5.04. The van der Waals surface area contributed by atoms with Crippen molar-refractivity contribution in [2.24, 2.45) is 0 Å². The monoisotopic (exact) mass is 907 g/mol. The van der Waals surface area contributed by atoms with Crippen LogP contribution in [-0.2, 0) is 27.9 Å². The Morgan fingerprint density at radius 2 is 0.937 bits per heavy atom. The first kappa shape index (κ1) is 58.3. The summed E-state index contributed by atoms with van der Waals surface area (Å²) in [6, 6.07) is 0. The first-order chi connectivity index (χ1) is 30.5. The molecule has 1 aliphatic carbocycles. The lowest BCUT2D eigenvalue weighted by atomic mass is 9.85. The predicted molar refractivity (Wildman–Crippen MR) is 253 cm³/mol. The molecule has 1 rings (SSSR count). The summed E-state index contributed by atoms with van der Waals surface area (Å²) >= 11 is 0. The minimum Gasteiger partial charge on any atom is -0.457 e. The lowest BCUT2D eigenvalue weighted by molar-refractivity contribution is -0.220. The Balaban J connectivity index is 2.41. The first-order valence-corrected chi connectivity index (χ1v) is 25.1. The van der Waals surface area contributed by atoms with Crippen LogP contribution >= 0.6 is 7.82 Å². The number of carbonyl (C=O) groups excluding carboxylic acids is 1. The second-order valence-electron chi connectivity index (χ2n) is 15.9. The molecule has 12 nitrogen and oxygen atoms in total. The zero-order valence-corrected chi connectivity index (χ0v) is 39.2. The lowest BCUT2D eigenvalue weighted by Crippen LogP contribution is -2.64. The molecular formula is C50H83O12P. The second-order valence-corrected chi connectivity index (χ2v) is 17.3. The Kier molecular flexibility index (Phi) is 36.6. The van der Waals surface area contributed by atoms with Crippen molar-refractivity contribution in [3.63, 3.8) is 0 Å². The van der Waals surface area contributed by atoms with Crippen LogP contribution in [0.5, 0.6) is 0 Å². The zero-order valence-electron chi connectivity index (χ0n) is 38.3. The average molecular weight is 907 g/mol. The van der Waals surface area contributed by atoms with E-state index in [-0.39, 0.29) is 13.0 Å². The van der Waals surface area contributed by atoms with E-state index >= 15 is 0 Å². The number of carbonyl (C=O) groups is 1. The quantitative estimate of drug-likeness (QED) is 0.0149. The van der Waals surface area contributed by atoms with E-state index in [2.05, 4.69) is 111 Å². The smallest absolute Gasteiger partial charge is 0.457 e. The number of allylic oxidation sites excluding steroid dienone is 16. The SMILES string of the molecule is CC/C=C\C/C=C\C/C=C\C/C=C\C/C=C\C/C=C\C/C=C\CCCCOCC(COP(=O)(O)OC1C(O)C(O)C(O)C(O)C1O)OC(=O)CCCCCCC/C=C\CCCCC. The molecule has 63 heavy (non-hydrogen) atoms. The number of rotatable bonds is 38. The third-order valence-corrected chi connectivity index (χ3v) is 11.2. The van der Waals surface area contributed by atoms with Gasteiger partial charge in [-0.15, -0.1) is 0 Å². The van der Waals surface area contributed by atoms with Crippen molar-refractivity contribution in [3.05, 3.63) is 97.2 Å². The van der Waals surface area contributed by atoms with E-state index in [1.54, 1.807) is 0 Å². The van der Waals surface area contributed by atoms with Gasteiger partial charge in [0.05, 0.1) is 13.2 Å². The highest BCUT2D eigenvalue weighted by Crippen LogP contribution is 2.47. The highest BCUT2D eigenvalue weighted by molar-refractivity contribution is 7.47. The van der Waals surface area contributed by atoms with Crippen LogP contribution < -0.4 is 0 Å². The molecule has 0 amide bonds. The highest BCUT2D eigenvalue weighted by atomic mass is 31.2. The predicted octanol–water partition coefficient (Wildman–Crippen LogP) is 9.92. The van der Waals surface area contributed by atoms with Crippen molar-refractivity contribution in [1.82, 2.24) is 0 Å². The van der Waals surface area contributed by atoms with Crippen LogP contribution in [0, 0.1) is 0 Å². The second kappa shape index (κ2) is 39.6. The van der Waals surface area contributed by atoms with Crippen molar-refractivity contribution in [1.29, 1.82) is 0 Å². The third-order valence-electron chi connectivity index (χ3n) is 10.2. The summed E-state index contributed by atoms with van der Waals surface area (Å²) in [5, 5.41) is 50.2. The summed E-state index contributed by atoms with van der Waals surface area (Å²) in [5.41, 5.74) is 0. The number of phosphoric ester groups is 1. The van der Waals surface area contributed by atoms with Crippen LogP contribution in [0.15, 0.2) is 97.2 Å². The Bertz CT molecular complexity index is 1400. The molecule has 0 aliphatic heterocycles. The number of hydrogen-bond acceptors (Lipinski definition) is 11. The van der Waals surface area contributed by atoms with Crippen LogP contribution in [0.1, 0.15) is 149 Å². The fourth-order valence-electron chi connectivity index (χ4n) is 6.45. The van der Waals surface area contributed by atoms with Crippen molar-refractivity contribution in [3.8, 4) is 0 Å². The lowest BCUT2D eigenvalue weighted by Gasteiger charge is -2.41. The van der Waals surface area contributed by atoms with Gasteiger partial charge in [0.2, 0.25) is 0 Å². The molecular weight excluding hydrogens is 824 g/mol. The van der Waals surface area contributed by atoms with Crippen molar-refractivity contribution >= 4 is 13.8 Å². The molecule has 6 unspecified atom stereocenters. The molecule has 0 aromatic rings. The number of aliphatic hydroxyl groups is 5. The number of hydrogen-bond donors (Lipinski definition) is 6. The van der Waals surface area contributed by atoms with Gasteiger partial charge in [0.25, 0.3) is 0 Å². The average Bonchev–Trinajstić information content (AvgIpc) is 3.27. The van der Waals surface area contributed by atoms with E-state index in [1.807, 2.05) is 0 Å².